The minimum Gasteiger partial charge on any atom is -0.423 e. The molecule has 130 valence electrons. The fraction of sp³-hybridized carbons (Fsp3) is 0.381. The van der Waals surface area contributed by atoms with Crippen molar-refractivity contribution in [1.82, 2.24) is 4.90 Å². The second kappa shape index (κ2) is 6.43. The van der Waals surface area contributed by atoms with Gasteiger partial charge in [-0.2, -0.15) is 0 Å². The van der Waals surface area contributed by atoms with E-state index in [1.165, 1.54) is 16.0 Å². The van der Waals surface area contributed by atoms with Crippen LogP contribution in [-0.4, -0.2) is 11.4 Å². The van der Waals surface area contributed by atoms with E-state index < -0.39 is 0 Å². The summed E-state index contributed by atoms with van der Waals surface area (Å²) in [7, 11) is 0. The molecule has 0 saturated heterocycles. The zero-order chi connectivity index (χ0) is 17.6. The molecule has 0 aliphatic carbocycles. The van der Waals surface area contributed by atoms with Gasteiger partial charge in [-0.3, -0.25) is 4.90 Å². The van der Waals surface area contributed by atoms with Crippen molar-refractivity contribution in [2.45, 2.75) is 46.2 Å². The minimum atomic E-state index is -0.257. The third-order valence-electron chi connectivity index (χ3n) is 5.41. The second-order valence-corrected chi connectivity index (χ2v) is 7.97. The molecular formula is C21H23NO2S. The van der Waals surface area contributed by atoms with Crippen LogP contribution in [0.15, 0.2) is 38.9 Å². The summed E-state index contributed by atoms with van der Waals surface area (Å²) in [4.78, 5) is 16.1. The molecule has 3 heterocycles. The standard InChI is InChI=1S/C21H23NO2S/c1-4-18-16-6-8-25-20(16)5-7-22(18)12-15-11-21(23)24-19-10-14(3)13(2)9-17(15)19/h6,8-11,18H,4-5,7,12H2,1-3H3/t18-/m1/s1. The van der Waals surface area contributed by atoms with Crippen molar-refractivity contribution >= 4 is 22.3 Å². The number of thiophene rings is 1. The van der Waals surface area contributed by atoms with Crippen LogP contribution in [-0.2, 0) is 13.0 Å². The summed E-state index contributed by atoms with van der Waals surface area (Å²) in [6, 6.07) is 8.52. The van der Waals surface area contributed by atoms with E-state index in [0.717, 1.165) is 42.4 Å². The fourth-order valence-corrected chi connectivity index (χ4v) is 4.88. The lowest BCUT2D eigenvalue weighted by Gasteiger charge is -2.35. The Morgan fingerprint density at radius 3 is 2.84 bits per heavy atom. The number of hydrogen-bond acceptors (Lipinski definition) is 4. The van der Waals surface area contributed by atoms with Gasteiger partial charge in [-0.25, -0.2) is 4.79 Å². The molecule has 0 spiro atoms. The normalized spacial score (nSPS) is 17.8. The van der Waals surface area contributed by atoms with Gasteiger partial charge in [0.1, 0.15) is 5.58 Å². The van der Waals surface area contributed by atoms with Crippen LogP contribution >= 0.6 is 11.3 Å². The Labute approximate surface area is 151 Å². The Kier molecular flexibility index (Phi) is 4.26. The summed E-state index contributed by atoms with van der Waals surface area (Å²) in [6.45, 7) is 8.24. The second-order valence-electron chi connectivity index (χ2n) is 6.97. The van der Waals surface area contributed by atoms with Crippen LogP contribution in [0.5, 0.6) is 0 Å². The highest BCUT2D eigenvalue weighted by molar-refractivity contribution is 7.10. The van der Waals surface area contributed by atoms with Crippen molar-refractivity contribution in [3.63, 3.8) is 0 Å². The summed E-state index contributed by atoms with van der Waals surface area (Å²) in [5.41, 5.74) is 5.37. The summed E-state index contributed by atoms with van der Waals surface area (Å²) >= 11 is 1.87. The van der Waals surface area contributed by atoms with Crippen LogP contribution in [0.25, 0.3) is 11.0 Å². The van der Waals surface area contributed by atoms with Crippen molar-refractivity contribution in [3.05, 3.63) is 67.2 Å². The SMILES string of the molecule is CC[C@@H]1c2ccsc2CCN1Cc1cc(=O)oc2cc(C)c(C)cc12. The molecule has 4 heteroatoms. The minimum absolute atomic E-state index is 0.257. The third kappa shape index (κ3) is 2.94. The molecule has 2 aromatic heterocycles. The van der Waals surface area contributed by atoms with E-state index in [1.807, 2.05) is 17.4 Å². The predicted octanol–water partition coefficient (Wildman–Crippen LogP) is 4.98. The molecule has 1 aromatic carbocycles. The van der Waals surface area contributed by atoms with Gasteiger partial charge in [0.05, 0.1) is 0 Å². The highest BCUT2D eigenvalue weighted by atomic mass is 32.1. The van der Waals surface area contributed by atoms with E-state index in [-0.39, 0.29) is 5.63 Å². The largest absolute Gasteiger partial charge is 0.423 e. The van der Waals surface area contributed by atoms with Crippen molar-refractivity contribution in [2.75, 3.05) is 6.54 Å². The molecule has 0 unspecified atom stereocenters. The van der Waals surface area contributed by atoms with E-state index in [4.69, 9.17) is 4.42 Å². The first-order chi connectivity index (χ1) is 12.1. The van der Waals surface area contributed by atoms with Gasteiger partial charge in [-0.15, -0.1) is 11.3 Å². The lowest BCUT2D eigenvalue weighted by molar-refractivity contribution is 0.173. The average molecular weight is 353 g/mol. The summed E-state index contributed by atoms with van der Waals surface area (Å²) in [6.07, 6.45) is 2.18. The van der Waals surface area contributed by atoms with Crippen LogP contribution in [0.1, 0.15) is 46.5 Å². The van der Waals surface area contributed by atoms with Crippen LogP contribution in [0.4, 0.5) is 0 Å². The van der Waals surface area contributed by atoms with Gasteiger partial charge in [-0.05, 0) is 72.5 Å². The lowest BCUT2D eigenvalue weighted by Crippen LogP contribution is -2.34. The lowest BCUT2D eigenvalue weighted by atomic mass is 9.96. The van der Waals surface area contributed by atoms with E-state index in [2.05, 4.69) is 43.2 Å². The number of fused-ring (bicyclic) bond motifs is 2. The highest BCUT2D eigenvalue weighted by Gasteiger charge is 2.27. The van der Waals surface area contributed by atoms with E-state index >= 15 is 0 Å². The number of nitrogens with zero attached hydrogens (tertiary/aromatic N) is 1. The van der Waals surface area contributed by atoms with Gasteiger partial charge in [0.15, 0.2) is 0 Å². The molecule has 0 amide bonds. The Bertz CT molecular complexity index is 985. The number of aryl methyl sites for hydroxylation is 2. The summed E-state index contributed by atoms with van der Waals surface area (Å²) in [5, 5.41) is 3.27. The Morgan fingerprint density at radius 1 is 1.24 bits per heavy atom. The average Bonchev–Trinajstić information content (AvgIpc) is 3.05. The molecule has 0 radical (unpaired) electrons. The molecule has 1 aliphatic rings. The summed E-state index contributed by atoms with van der Waals surface area (Å²) in [5.74, 6) is 0. The molecule has 0 fully saturated rings. The first-order valence-corrected chi connectivity index (χ1v) is 9.79. The summed E-state index contributed by atoms with van der Waals surface area (Å²) < 4.78 is 5.45. The van der Waals surface area contributed by atoms with Crippen LogP contribution < -0.4 is 5.63 Å². The van der Waals surface area contributed by atoms with Crippen molar-refractivity contribution in [3.8, 4) is 0 Å². The zero-order valence-corrected chi connectivity index (χ0v) is 15.8. The van der Waals surface area contributed by atoms with Crippen molar-refractivity contribution < 1.29 is 4.42 Å². The number of benzene rings is 1. The highest BCUT2D eigenvalue weighted by Crippen LogP contribution is 2.36. The molecule has 4 rings (SSSR count). The molecule has 3 nitrogen and oxygen atoms in total. The molecule has 0 saturated carbocycles. The Balaban J connectivity index is 1.76. The maximum Gasteiger partial charge on any atom is 0.336 e. The van der Waals surface area contributed by atoms with Gasteiger partial charge in [-0.1, -0.05) is 6.92 Å². The molecule has 1 atom stereocenters. The molecular weight excluding hydrogens is 330 g/mol. The van der Waals surface area contributed by atoms with E-state index in [0.29, 0.717) is 11.6 Å². The van der Waals surface area contributed by atoms with E-state index in [1.54, 1.807) is 6.07 Å². The smallest absolute Gasteiger partial charge is 0.336 e. The number of hydrogen-bond donors (Lipinski definition) is 0. The van der Waals surface area contributed by atoms with Gasteiger partial charge >= 0.3 is 5.63 Å². The monoisotopic (exact) mass is 353 g/mol. The fourth-order valence-electron chi connectivity index (χ4n) is 3.95. The van der Waals surface area contributed by atoms with E-state index in [9.17, 15) is 4.79 Å². The van der Waals surface area contributed by atoms with Crippen LogP contribution in [0.3, 0.4) is 0 Å². The molecule has 1 aliphatic heterocycles. The van der Waals surface area contributed by atoms with Gasteiger partial charge < -0.3 is 4.42 Å². The van der Waals surface area contributed by atoms with Crippen molar-refractivity contribution in [1.29, 1.82) is 0 Å². The Morgan fingerprint density at radius 2 is 2.04 bits per heavy atom. The first kappa shape index (κ1) is 16.6. The first-order valence-electron chi connectivity index (χ1n) is 8.91. The maximum atomic E-state index is 12.1. The zero-order valence-electron chi connectivity index (χ0n) is 15.0. The maximum absolute atomic E-state index is 12.1. The molecule has 0 bridgehead atoms. The van der Waals surface area contributed by atoms with Gasteiger partial charge in [0.25, 0.3) is 0 Å². The van der Waals surface area contributed by atoms with Crippen LogP contribution in [0, 0.1) is 13.8 Å². The van der Waals surface area contributed by atoms with Gasteiger partial charge in [0.2, 0.25) is 0 Å². The predicted molar refractivity (Wildman–Crippen MR) is 103 cm³/mol. The Hall–Kier alpha value is -1.91. The van der Waals surface area contributed by atoms with Gasteiger partial charge in [0, 0.05) is 35.5 Å². The topological polar surface area (TPSA) is 33.5 Å². The van der Waals surface area contributed by atoms with Crippen LogP contribution in [0.2, 0.25) is 0 Å². The third-order valence-corrected chi connectivity index (χ3v) is 6.41. The number of rotatable bonds is 3. The molecule has 0 N–H and O–H groups in total. The van der Waals surface area contributed by atoms with Crippen molar-refractivity contribution in [2.24, 2.45) is 0 Å². The quantitative estimate of drug-likeness (QED) is 0.623. The molecule has 25 heavy (non-hydrogen) atoms. The molecule has 3 aromatic rings.